The average Bonchev–Trinajstić information content (AvgIpc) is 2.51. The molecule has 112 valence electrons. The van der Waals surface area contributed by atoms with Gasteiger partial charge in [0.05, 0.1) is 12.8 Å². The molecule has 0 radical (unpaired) electrons. The highest BCUT2D eigenvalue weighted by Crippen LogP contribution is 2.17. The van der Waals surface area contributed by atoms with Gasteiger partial charge in [-0.15, -0.1) is 0 Å². The number of hydrogen-bond acceptors (Lipinski definition) is 3. The molecule has 0 aliphatic heterocycles. The number of aromatic nitrogens is 1. The van der Waals surface area contributed by atoms with Gasteiger partial charge < -0.3 is 10.1 Å². The highest BCUT2D eigenvalue weighted by molar-refractivity contribution is 5.26. The molecule has 0 amide bonds. The van der Waals surface area contributed by atoms with Crippen molar-refractivity contribution in [3.8, 4) is 5.75 Å². The number of benzene rings is 1. The molecule has 1 N–H and O–H groups in total. The zero-order chi connectivity index (χ0) is 15.1. The first kappa shape index (κ1) is 15.5. The average molecular weight is 284 g/mol. The second-order valence-corrected chi connectivity index (χ2v) is 5.42. The van der Waals surface area contributed by atoms with Gasteiger partial charge in [0.15, 0.2) is 0 Å². The van der Waals surface area contributed by atoms with Crippen LogP contribution in [0.4, 0.5) is 0 Å². The Morgan fingerprint density at radius 1 is 1.19 bits per heavy atom. The molecule has 1 aromatic carbocycles. The molecule has 0 bridgehead atoms. The van der Waals surface area contributed by atoms with Crippen LogP contribution < -0.4 is 10.1 Å². The molecule has 1 atom stereocenters. The Morgan fingerprint density at radius 2 is 1.95 bits per heavy atom. The van der Waals surface area contributed by atoms with Crippen LogP contribution in [0.25, 0.3) is 0 Å². The number of nitrogens with one attached hydrogen (secondary N) is 1. The third-order valence-electron chi connectivity index (χ3n) is 3.64. The van der Waals surface area contributed by atoms with Crippen molar-refractivity contribution in [3.63, 3.8) is 0 Å². The molecule has 2 rings (SSSR count). The van der Waals surface area contributed by atoms with Crippen LogP contribution in [0.3, 0.4) is 0 Å². The fourth-order valence-electron chi connectivity index (χ4n) is 2.39. The first-order valence-corrected chi connectivity index (χ1v) is 7.46. The molecular formula is C18H24N2O. The summed E-state index contributed by atoms with van der Waals surface area (Å²) >= 11 is 0. The molecular weight excluding hydrogens is 260 g/mol. The summed E-state index contributed by atoms with van der Waals surface area (Å²) in [6.45, 7) is 6.02. The van der Waals surface area contributed by atoms with Gasteiger partial charge in [-0.1, -0.05) is 37.3 Å². The largest absolute Gasteiger partial charge is 0.497 e. The smallest absolute Gasteiger partial charge is 0.122 e. The van der Waals surface area contributed by atoms with Gasteiger partial charge in [0, 0.05) is 24.4 Å². The van der Waals surface area contributed by atoms with E-state index >= 15 is 0 Å². The minimum Gasteiger partial charge on any atom is -0.497 e. The van der Waals surface area contributed by atoms with E-state index in [2.05, 4.69) is 47.6 Å². The van der Waals surface area contributed by atoms with Crippen LogP contribution in [0.2, 0.25) is 0 Å². The van der Waals surface area contributed by atoms with E-state index in [1.807, 2.05) is 19.1 Å². The van der Waals surface area contributed by atoms with Gasteiger partial charge >= 0.3 is 0 Å². The third kappa shape index (κ3) is 4.87. The summed E-state index contributed by atoms with van der Waals surface area (Å²) in [6, 6.07) is 14.6. The standard InChI is InChI=1S/C18H24N2O/c1-14(16-7-5-4-6-8-16)9-10-19-13-17-12-18(21-3)11-15(2)20-17/h4-8,11-12,14,19H,9-10,13H2,1-3H3. The van der Waals surface area contributed by atoms with Crippen molar-refractivity contribution in [1.82, 2.24) is 10.3 Å². The fourth-order valence-corrected chi connectivity index (χ4v) is 2.39. The minimum atomic E-state index is 0.568. The number of rotatable bonds is 7. The maximum Gasteiger partial charge on any atom is 0.122 e. The van der Waals surface area contributed by atoms with Crippen molar-refractivity contribution in [3.05, 3.63) is 59.4 Å². The van der Waals surface area contributed by atoms with E-state index in [-0.39, 0.29) is 0 Å². The molecule has 2 aromatic rings. The second-order valence-electron chi connectivity index (χ2n) is 5.42. The van der Waals surface area contributed by atoms with E-state index in [0.717, 1.165) is 36.6 Å². The van der Waals surface area contributed by atoms with Crippen LogP contribution in [0.1, 0.15) is 36.2 Å². The Labute approximate surface area is 127 Å². The molecule has 0 saturated heterocycles. The minimum absolute atomic E-state index is 0.568. The van der Waals surface area contributed by atoms with E-state index in [1.165, 1.54) is 5.56 Å². The van der Waals surface area contributed by atoms with Gasteiger partial charge in [-0.05, 0) is 31.4 Å². The van der Waals surface area contributed by atoms with E-state index in [1.54, 1.807) is 7.11 Å². The molecule has 3 nitrogen and oxygen atoms in total. The highest BCUT2D eigenvalue weighted by Gasteiger charge is 2.05. The monoisotopic (exact) mass is 284 g/mol. The van der Waals surface area contributed by atoms with Crippen molar-refractivity contribution < 1.29 is 4.74 Å². The normalized spacial score (nSPS) is 12.1. The number of ether oxygens (including phenoxy) is 1. The lowest BCUT2D eigenvalue weighted by Gasteiger charge is -2.12. The summed E-state index contributed by atoms with van der Waals surface area (Å²) in [5.41, 5.74) is 3.41. The first-order chi connectivity index (χ1) is 10.2. The zero-order valence-electron chi connectivity index (χ0n) is 13.1. The predicted molar refractivity (Wildman–Crippen MR) is 86.7 cm³/mol. The Balaban J connectivity index is 1.78. The van der Waals surface area contributed by atoms with Crippen LogP contribution >= 0.6 is 0 Å². The van der Waals surface area contributed by atoms with E-state index in [9.17, 15) is 0 Å². The molecule has 1 unspecified atom stereocenters. The van der Waals surface area contributed by atoms with Gasteiger partial charge in [-0.25, -0.2) is 0 Å². The Bertz CT molecular complexity index is 554. The van der Waals surface area contributed by atoms with Gasteiger partial charge in [0.2, 0.25) is 0 Å². The number of methoxy groups -OCH3 is 1. The predicted octanol–water partition coefficient (Wildman–Crippen LogP) is 3.68. The number of aryl methyl sites for hydroxylation is 1. The molecule has 0 aliphatic carbocycles. The SMILES string of the molecule is COc1cc(C)nc(CNCCC(C)c2ccccc2)c1. The zero-order valence-corrected chi connectivity index (χ0v) is 13.1. The number of pyridine rings is 1. The third-order valence-corrected chi connectivity index (χ3v) is 3.64. The van der Waals surface area contributed by atoms with Crippen LogP contribution in [0.5, 0.6) is 5.75 Å². The van der Waals surface area contributed by atoms with Gasteiger partial charge in [-0.2, -0.15) is 0 Å². The lowest BCUT2D eigenvalue weighted by atomic mass is 9.98. The summed E-state index contributed by atoms with van der Waals surface area (Å²) in [4.78, 5) is 4.51. The Hall–Kier alpha value is -1.87. The fraction of sp³-hybridized carbons (Fsp3) is 0.389. The van der Waals surface area contributed by atoms with Crippen molar-refractivity contribution in [2.45, 2.75) is 32.7 Å². The first-order valence-electron chi connectivity index (χ1n) is 7.46. The summed E-state index contributed by atoms with van der Waals surface area (Å²) < 4.78 is 5.27. The van der Waals surface area contributed by atoms with Crippen LogP contribution in [-0.2, 0) is 6.54 Å². The van der Waals surface area contributed by atoms with E-state index in [4.69, 9.17) is 4.74 Å². The topological polar surface area (TPSA) is 34.1 Å². The molecule has 0 aliphatic rings. The van der Waals surface area contributed by atoms with Crippen molar-refractivity contribution in [2.75, 3.05) is 13.7 Å². The summed E-state index contributed by atoms with van der Waals surface area (Å²) in [6.07, 6.45) is 1.12. The van der Waals surface area contributed by atoms with E-state index < -0.39 is 0 Å². The quantitative estimate of drug-likeness (QED) is 0.788. The lowest BCUT2D eigenvalue weighted by Crippen LogP contribution is -2.17. The van der Waals surface area contributed by atoms with E-state index in [0.29, 0.717) is 5.92 Å². The van der Waals surface area contributed by atoms with Crippen LogP contribution in [0, 0.1) is 6.92 Å². The van der Waals surface area contributed by atoms with Gasteiger partial charge in [0.1, 0.15) is 5.75 Å². The molecule has 0 spiro atoms. The second kappa shape index (κ2) is 7.79. The number of hydrogen-bond donors (Lipinski definition) is 1. The van der Waals surface area contributed by atoms with Gasteiger partial charge in [-0.3, -0.25) is 4.98 Å². The highest BCUT2D eigenvalue weighted by atomic mass is 16.5. The van der Waals surface area contributed by atoms with Crippen molar-refractivity contribution in [1.29, 1.82) is 0 Å². The molecule has 3 heteroatoms. The van der Waals surface area contributed by atoms with Gasteiger partial charge in [0.25, 0.3) is 0 Å². The Morgan fingerprint density at radius 3 is 2.67 bits per heavy atom. The van der Waals surface area contributed by atoms with Crippen LogP contribution in [-0.4, -0.2) is 18.6 Å². The Kier molecular flexibility index (Phi) is 5.76. The molecule has 21 heavy (non-hydrogen) atoms. The maximum atomic E-state index is 5.27. The maximum absolute atomic E-state index is 5.27. The molecule has 0 fully saturated rings. The molecule has 1 heterocycles. The lowest BCUT2D eigenvalue weighted by molar-refractivity contribution is 0.412. The molecule has 1 aromatic heterocycles. The van der Waals surface area contributed by atoms with Crippen LogP contribution in [0.15, 0.2) is 42.5 Å². The van der Waals surface area contributed by atoms with Crippen molar-refractivity contribution in [2.24, 2.45) is 0 Å². The molecule has 0 saturated carbocycles. The summed E-state index contributed by atoms with van der Waals surface area (Å²) in [7, 11) is 1.69. The van der Waals surface area contributed by atoms with Crippen molar-refractivity contribution >= 4 is 0 Å². The summed E-state index contributed by atoms with van der Waals surface area (Å²) in [5, 5.41) is 3.46. The summed E-state index contributed by atoms with van der Waals surface area (Å²) in [5.74, 6) is 1.44. The number of nitrogens with zero attached hydrogens (tertiary/aromatic N) is 1.